The Labute approximate surface area is 135 Å². The van der Waals surface area contributed by atoms with Gasteiger partial charge in [-0.2, -0.15) is 5.10 Å². The third-order valence-corrected chi connectivity index (χ3v) is 3.92. The number of aromatic amines is 1. The number of halogens is 1. The Morgan fingerprint density at radius 2 is 2.27 bits per heavy atom. The fraction of sp³-hybridized carbons (Fsp3) is 0.231. The molecule has 0 spiro atoms. The molecule has 0 aliphatic heterocycles. The first-order valence-corrected chi connectivity index (χ1v) is 7.54. The Morgan fingerprint density at radius 3 is 2.95 bits per heavy atom. The zero-order valence-corrected chi connectivity index (χ0v) is 13.4. The van der Waals surface area contributed by atoms with Gasteiger partial charge in [-0.15, -0.1) is 5.10 Å². The van der Waals surface area contributed by atoms with Crippen LogP contribution in [0.3, 0.4) is 0 Å². The molecular weight excluding hydrogens is 328 g/mol. The number of amides is 1. The highest BCUT2D eigenvalue weighted by Crippen LogP contribution is 2.31. The number of nitrogens with one attached hydrogen (secondary N) is 2. The van der Waals surface area contributed by atoms with E-state index in [2.05, 4.69) is 20.5 Å². The summed E-state index contributed by atoms with van der Waals surface area (Å²) in [6, 6.07) is 3.37. The third kappa shape index (κ3) is 4.22. The highest BCUT2D eigenvalue weighted by Gasteiger charge is 2.11. The molecule has 0 unspecified atom stereocenters. The molecule has 2 N–H and O–H groups in total. The lowest BCUT2D eigenvalue weighted by atomic mass is 10.2. The van der Waals surface area contributed by atoms with Crippen LogP contribution in [-0.2, 0) is 4.79 Å². The van der Waals surface area contributed by atoms with Crippen LogP contribution < -0.4 is 15.6 Å². The average Bonchev–Trinajstić information content (AvgIpc) is 2.49. The number of aryl methyl sites for hydroxylation is 1. The maximum absolute atomic E-state index is 12.0. The molecule has 7 nitrogen and oxygen atoms in total. The number of H-pyrrole nitrogens is 1. The lowest BCUT2D eigenvalue weighted by Crippen LogP contribution is -2.16. The molecule has 1 aromatic carbocycles. The van der Waals surface area contributed by atoms with Gasteiger partial charge in [-0.05, 0) is 18.6 Å². The lowest BCUT2D eigenvalue weighted by molar-refractivity contribution is -0.113. The van der Waals surface area contributed by atoms with E-state index in [9.17, 15) is 9.59 Å². The van der Waals surface area contributed by atoms with Crippen molar-refractivity contribution in [2.45, 2.75) is 12.1 Å². The average molecular weight is 341 g/mol. The number of carbonyl (C=O) groups is 1. The van der Waals surface area contributed by atoms with Gasteiger partial charge >= 0.3 is 0 Å². The summed E-state index contributed by atoms with van der Waals surface area (Å²) in [5, 5.41) is 10.8. The summed E-state index contributed by atoms with van der Waals surface area (Å²) in [5.41, 5.74) is 0.985. The first-order chi connectivity index (χ1) is 10.5. The molecule has 9 heteroatoms. The van der Waals surface area contributed by atoms with Crippen LogP contribution in [0.2, 0.25) is 5.02 Å². The van der Waals surface area contributed by atoms with Crippen molar-refractivity contribution in [3.8, 4) is 5.75 Å². The van der Waals surface area contributed by atoms with Gasteiger partial charge in [-0.25, -0.2) is 0 Å². The van der Waals surface area contributed by atoms with Crippen LogP contribution in [0.5, 0.6) is 5.75 Å². The first-order valence-electron chi connectivity index (χ1n) is 6.18. The van der Waals surface area contributed by atoms with Crippen molar-refractivity contribution >= 4 is 35.0 Å². The molecule has 0 saturated carbocycles. The van der Waals surface area contributed by atoms with E-state index >= 15 is 0 Å². The Balaban J connectivity index is 2.03. The molecule has 22 heavy (non-hydrogen) atoms. The van der Waals surface area contributed by atoms with Gasteiger partial charge in [0.15, 0.2) is 5.16 Å². The Hall–Kier alpha value is -2.06. The second kappa shape index (κ2) is 7.28. The number of benzene rings is 1. The van der Waals surface area contributed by atoms with E-state index < -0.39 is 0 Å². The minimum Gasteiger partial charge on any atom is -0.495 e. The maximum Gasteiger partial charge on any atom is 0.270 e. The molecule has 1 amide bonds. The predicted molar refractivity (Wildman–Crippen MR) is 84.7 cm³/mol. The predicted octanol–water partition coefficient (Wildman–Crippen LogP) is 1.87. The minimum atomic E-state index is -0.368. The molecule has 116 valence electrons. The van der Waals surface area contributed by atoms with Crippen LogP contribution in [0.15, 0.2) is 28.3 Å². The summed E-state index contributed by atoms with van der Waals surface area (Å²) in [6.45, 7) is 1.83. The molecule has 0 radical (unpaired) electrons. The van der Waals surface area contributed by atoms with Crippen molar-refractivity contribution in [2.24, 2.45) is 0 Å². The number of anilines is 1. The van der Waals surface area contributed by atoms with Crippen molar-refractivity contribution in [1.29, 1.82) is 0 Å². The van der Waals surface area contributed by atoms with Crippen molar-refractivity contribution in [1.82, 2.24) is 15.2 Å². The molecule has 2 aromatic rings. The van der Waals surface area contributed by atoms with E-state index in [0.717, 1.165) is 23.5 Å². The number of rotatable bonds is 5. The number of methoxy groups -OCH3 is 1. The maximum atomic E-state index is 12.0. The first kappa shape index (κ1) is 16.3. The summed E-state index contributed by atoms with van der Waals surface area (Å²) >= 11 is 7.09. The molecular formula is C13H13ClN4O3S. The van der Waals surface area contributed by atoms with Gasteiger partial charge in [0.2, 0.25) is 5.91 Å². The van der Waals surface area contributed by atoms with E-state index in [1.807, 2.05) is 6.92 Å². The summed E-state index contributed by atoms with van der Waals surface area (Å²) in [4.78, 5) is 25.5. The van der Waals surface area contributed by atoms with E-state index in [0.29, 0.717) is 16.5 Å². The number of hydrogen-bond donors (Lipinski definition) is 2. The number of hydrogen-bond acceptors (Lipinski definition) is 6. The number of thioether (sulfide) groups is 1. The van der Waals surface area contributed by atoms with Crippen LogP contribution in [-0.4, -0.2) is 34.0 Å². The van der Waals surface area contributed by atoms with Crippen molar-refractivity contribution < 1.29 is 9.53 Å². The third-order valence-electron chi connectivity index (χ3n) is 2.65. The monoisotopic (exact) mass is 340 g/mol. The highest BCUT2D eigenvalue weighted by molar-refractivity contribution is 7.99. The van der Waals surface area contributed by atoms with Gasteiger partial charge in [0.05, 0.1) is 18.6 Å². The summed E-state index contributed by atoms with van der Waals surface area (Å²) in [6.07, 6.45) is 1.06. The van der Waals surface area contributed by atoms with Gasteiger partial charge < -0.3 is 10.1 Å². The number of carbonyl (C=O) groups excluding carboxylic acids is 1. The lowest BCUT2D eigenvalue weighted by Gasteiger charge is -2.12. The molecule has 2 rings (SSSR count). The molecule has 0 aliphatic rings. The van der Waals surface area contributed by atoms with E-state index in [-0.39, 0.29) is 22.4 Å². The van der Waals surface area contributed by atoms with E-state index in [1.165, 1.54) is 7.11 Å². The second-order valence-corrected chi connectivity index (χ2v) is 5.65. The Morgan fingerprint density at radius 1 is 1.50 bits per heavy atom. The molecule has 0 fully saturated rings. The normalized spacial score (nSPS) is 10.3. The van der Waals surface area contributed by atoms with E-state index in [1.54, 1.807) is 12.1 Å². The van der Waals surface area contributed by atoms with Crippen LogP contribution in [0.25, 0.3) is 0 Å². The van der Waals surface area contributed by atoms with Gasteiger partial charge in [0, 0.05) is 11.1 Å². The van der Waals surface area contributed by atoms with Crippen LogP contribution in [0.4, 0.5) is 5.69 Å². The second-order valence-electron chi connectivity index (χ2n) is 4.28. The van der Waals surface area contributed by atoms with Crippen LogP contribution in [0.1, 0.15) is 5.56 Å². The summed E-state index contributed by atoms with van der Waals surface area (Å²) < 4.78 is 5.18. The zero-order chi connectivity index (χ0) is 16.1. The number of nitrogens with zero attached hydrogens (tertiary/aromatic N) is 2. The molecule has 1 aromatic heterocycles. The molecule has 0 bridgehead atoms. The van der Waals surface area contributed by atoms with Crippen molar-refractivity contribution in [3.63, 3.8) is 0 Å². The number of aromatic nitrogens is 3. The van der Waals surface area contributed by atoms with Crippen LogP contribution in [0, 0.1) is 6.92 Å². The molecule has 0 atom stereocenters. The highest BCUT2D eigenvalue weighted by atomic mass is 35.5. The largest absolute Gasteiger partial charge is 0.495 e. The Bertz CT molecular complexity index is 750. The quantitative estimate of drug-likeness (QED) is 0.806. The smallest absolute Gasteiger partial charge is 0.270 e. The van der Waals surface area contributed by atoms with Crippen molar-refractivity contribution in [3.05, 3.63) is 39.3 Å². The molecule has 0 saturated heterocycles. The SMILES string of the molecule is COc1cc(Cl)c(C)cc1NC(=O)CSc1nncc(=O)[nH]1. The van der Waals surface area contributed by atoms with Crippen molar-refractivity contribution in [2.75, 3.05) is 18.2 Å². The number of ether oxygens (including phenoxy) is 1. The summed E-state index contributed by atoms with van der Waals surface area (Å²) in [5.74, 6) is 0.276. The van der Waals surface area contributed by atoms with E-state index in [4.69, 9.17) is 16.3 Å². The van der Waals surface area contributed by atoms with Gasteiger partial charge in [-0.1, -0.05) is 23.4 Å². The van der Waals surface area contributed by atoms with Gasteiger partial charge in [0.25, 0.3) is 5.56 Å². The fourth-order valence-electron chi connectivity index (χ4n) is 1.61. The minimum absolute atomic E-state index is 0.0689. The fourth-order valence-corrected chi connectivity index (χ4v) is 2.38. The Kier molecular flexibility index (Phi) is 5.40. The van der Waals surface area contributed by atoms with Gasteiger partial charge in [0.1, 0.15) is 11.9 Å². The topological polar surface area (TPSA) is 97.0 Å². The standard InChI is InChI=1S/C13H13ClN4O3S/c1-7-3-9(10(21-2)4-8(7)14)16-12(20)6-22-13-17-11(19)5-15-18-13/h3-5H,6H2,1-2H3,(H,16,20)(H,17,18,19). The van der Waals surface area contributed by atoms with Gasteiger partial charge in [-0.3, -0.25) is 14.6 Å². The van der Waals surface area contributed by atoms with Crippen LogP contribution >= 0.6 is 23.4 Å². The zero-order valence-electron chi connectivity index (χ0n) is 11.8. The molecule has 1 heterocycles. The molecule has 0 aliphatic carbocycles. The summed E-state index contributed by atoms with van der Waals surface area (Å²) in [7, 11) is 1.50.